The van der Waals surface area contributed by atoms with Crippen LogP contribution >= 0.6 is 0 Å². The molecule has 20 heavy (non-hydrogen) atoms. The molecule has 1 rings (SSSR count). The summed E-state index contributed by atoms with van der Waals surface area (Å²) in [5, 5.41) is 12.6. The molecule has 5 heteroatoms. The number of rotatable bonds is 8. The van der Waals surface area contributed by atoms with E-state index >= 15 is 0 Å². The smallest absolute Gasteiger partial charge is 0.323 e. The van der Waals surface area contributed by atoms with Gasteiger partial charge in [0, 0.05) is 26.2 Å². The van der Waals surface area contributed by atoms with Gasteiger partial charge >= 0.3 is 5.97 Å². The minimum absolute atomic E-state index is 0.0827. The summed E-state index contributed by atoms with van der Waals surface area (Å²) in [5.41, 5.74) is -0.816. The molecular formula is C15H30N2O3. The summed E-state index contributed by atoms with van der Waals surface area (Å²) in [4.78, 5) is 13.9. The van der Waals surface area contributed by atoms with E-state index in [0.29, 0.717) is 25.3 Å². The van der Waals surface area contributed by atoms with E-state index in [9.17, 15) is 9.90 Å². The van der Waals surface area contributed by atoms with E-state index in [1.807, 2.05) is 13.8 Å². The van der Waals surface area contributed by atoms with Crippen LogP contribution in [0.15, 0.2) is 0 Å². The van der Waals surface area contributed by atoms with Gasteiger partial charge in [-0.05, 0) is 18.8 Å². The zero-order chi connectivity index (χ0) is 15.2. The van der Waals surface area contributed by atoms with Crippen molar-refractivity contribution in [1.82, 2.24) is 10.2 Å². The molecule has 2 N–H and O–H groups in total. The van der Waals surface area contributed by atoms with Crippen molar-refractivity contribution in [3.63, 3.8) is 0 Å². The monoisotopic (exact) mass is 286 g/mol. The number of ether oxygens (including phenoxy) is 1. The Hall–Kier alpha value is -0.650. The first-order valence-electron chi connectivity index (χ1n) is 7.76. The Morgan fingerprint density at radius 2 is 2.10 bits per heavy atom. The van der Waals surface area contributed by atoms with Gasteiger partial charge < -0.3 is 9.84 Å². The van der Waals surface area contributed by atoms with Crippen molar-refractivity contribution in [2.45, 2.75) is 52.2 Å². The molecule has 0 aromatic rings. The maximum Gasteiger partial charge on any atom is 0.323 e. The van der Waals surface area contributed by atoms with Crippen LogP contribution in [0.4, 0.5) is 0 Å². The van der Waals surface area contributed by atoms with Gasteiger partial charge in [-0.15, -0.1) is 0 Å². The standard InChI is InChI=1S/C15H30N2O3/c1-5-15(6-2,14(18)19)16-9-13-11-17(7-8-20-13)10-12(3)4/h12-13,16H,5-11H2,1-4H3,(H,18,19). The van der Waals surface area contributed by atoms with E-state index in [-0.39, 0.29) is 6.10 Å². The van der Waals surface area contributed by atoms with Gasteiger partial charge in [0.1, 0.15) is 5.54 Å². The fraction of sp³-hybridized carbons (Fsp3) is 0.933. The third-order valence-electron chi connectivity index (χ3n) is 4.13. The summed E-state index contributed by atoms with van der Waals surface area (Å²) in [7, 11) is 0. The van der Waals surface area contributed by atoms with E-state index in [4.69, 9.17) is 4.74 Å². The van der Waals surface area contributed by atoms with Crippen molar-refractivity contribution in [3.05, 3.63) is 0 Å². The average Bonchev–Trinajstić information content (AvgIpc) is 2.40. The summed E-state index contributed by atoms with van der Waals surface area (Å²) in [5.74, 6) is -0.122. The Labute approximate surface area is 122 Å². The molecule has 1 fully saturated rings. The Morgan fingerprint density at radius 3 is 2.60 bits per heavy atom. The second-order valence-corrected chi connectivity index (χ2v) is 6.12. The van der Waals surface area contributed by atoms with Crippen molar-refractivity contribution < 1.29 is 14.6 Å². The van der Waals surface area contributed by atoms with Gasteiger partial charge in [0.2, 0.25) is 0 Å². The number of aliphatic carboxylic acids is 1. The molecule has 0 bridgehead atoms. The summed E-state index contributed by atoms with van der Waals surface area (Å²) < 4.78 is 5.76. The minimum Gasteiger partial charge on any atom is -0.480 e. The number of carboxylic acids is 1. The predicted octanol–water partition coefficient (Wildman–Crippen LogP) is 1.58. The highest BCUT2D eigenvalue weighted by Crippen LogP contribution is 2.16. The van der Waals surface area contributed by atoms with E-state index < -0.39 is 11.5 Å². The average molecular weight is 286 g/mol. The van der Waals surface area contributed by atoms with E-state index in [1.54, 1.807) is 0 Å². The Bertz CT molecular complexity index is 303. The molecule has 0 aromatic heterocycles. The first-order valence-corrected chi connectivity index (χ1v) is 7.76. The van der Waals surface area contributed by atoms with Gasteiger partial charge in [-0.1, -0.05) is 27.7 Å². The lowest BCUT2D eigenvalue weighted by atomic mass is 9.92. The topological polar surface area (TPSA) is 61.8 Å². The summed E-state index contributed by atoms with van der Waals surface area (Å²) in [6.45, 7) is 12.5. The maximum absolute atomic E-state index is 11.5. The number of hydrogen-bond acceptors (Lipinski definition) is 4. The van der Waals surface area contributed by atoms with E-state index in [1.165, 1.54) is 0 Å². The molecule has 118 valence electrons. The molecule has 1 aliphatic heterocycles. The minimum atomic E-state index is -0.816. The van der Waals surface area contributed by atoms with E-state index in [0.717, 1.165) is 26.2 Å². The summed E-state index contributed by atoms with van der Waals surface area (Å²) >= 11 is 0. The highest BCUT2D eigenvalue weighted by atomic mass is 16.5. The van der Waals surface area contributed by atoms with Crippen molar-refractivity contribution >= 4 is 5.97 Å². The third kappa shape index (κ3) is 4.72. The van der Waals surface area contributed by atoms with Gasteiger partial charge in [-0.2, -0.15) is 0 Å². The normalized spacial score (nSPS) is 21.4. The van der Waals surface area contributed by atoms with E-state index in [2.05, 4.69) is 24.1 Å². The van der Waals surface area contributed by atoms with Crippen LogP contribution in [-0.2, 0) is 9.53 Å². The van der Waals surface area contributed by atoms with Crippen molar-refractivity contribution in [2.75, 3.05) is 32.8 Å². The predicted molar refractivity (Wildman–Crippen MR) is 80.0 cm³/mol. The van der Waals surface area contributed by atoms with Gasteiger partial charge in [0.15, 0.2) is 0 Å². The highest BCUT2D eigenvalue weighted by Gasteiger charge is 2.35. The van der Waals surface area contributed by atoms with Crippen LogP contribution in [-0.4, -0.2) is 60.4 Å². The highest BCUT2D eigenvalue weighted by molar-refractivity contribution is 5.78. The quantitative estimate of drug-likeness (QED) is 0.709. The third-order valence-corrected chi connectivity index (χ3v) is 4.13. The molecule has 0 amide bonds. The number of carboxylic acid groups (broad SMARTS) is 1. The number of nitrogens with one attached hydrogen (secondary N) is 1. The largest absolute Gasteiger partial charge is 0.480 e. The molecule has 0 aromatic carbocycles. The molecule has 1 saturated heterocycles. The molecular weight excluding hydrogens is 256 g/mol. The molecule has 0 spiro atoms. The zero-order valence-corrected chi connectivity index (χ0v) is 13.3. The van der Waals surface area contributed by atoms with Crippen LogP contribution in [0.25, 0.3) is 0 Å². The fourth-order valence-corrected chi connectivity index (χ4v) is 2.77. The summed E-state index contributed by atoms with van der Waals surface area (Å²) in [6.07, 6.45) is 1.25. The summed E-state index contributed by atoms with van der Waals surface area (Å²) in [6, 6.07) is 0. The van der Waals surface area contributed by atoms with Crippen molar-refractivity contribution in [2.24, 2.45) is 5.92 Å². The fourth-order valence-electron chi connectivity index (χ4n) is 2.77. The second-order valence-electron chi connectivity index (χ2n) is 6.12. The van der Waals surface area contributed by atoms with Gasteiger partial charge in [-0.25, -0.2) is 0 Å². The van der Waals surface area contributed by atoms with Crippen molar-refractivity contribution in [3.8, 4) is 0 Å². The van der Waals surface area contributed by atoms with Crippen LogP contribution in [0.1, 0.15) is 40.5 Å². The lowest BCUT2D eigenvalue weighted by Gasteiger charge is -2.36. The van der Waals surface area contributed by atoms with Gasteiger partial charge in [0.05, 0.1) is 12.7 Å². The number of hydrogen-bond donors (Lipinski definition) is 2. The van der Waals surface area contributed by atoms with Gasteiger partial charge in [-0.3, -0.25) is 15.0 Å². The first kappa shape index (κ1) is 17.4. The molecule has 1 heterocycles. The van der Waals surface area contributed by atoms with Crippen molar-refractivity contribution in [1.29, 1.82) is 0 Å². The molecule has 0 radical (unpaired) electrons. The zero-order valence-electron chi connectivity index (χ0n) is 13.3. The van der Waals surface area contributed by atoms with Crippen LogP contribution in [0.2, 0.25) is 0 Å². The van der Waals surface area contributed by atoms with Gasteiger partial charge in [0.25, 0.3) is 0 Å². The molecule has 0 saturated carbocycles. The molecule has 1 atom stereocenters. The van der Waals surface area contributed by atoms with Crippen LogP contribution in [0.3, 0.4) is 0 Å². The van der Waals surface area contributed by atoms with Crippen LogP contribution < -0.4 is 5.32 Å². The molecule has 0 aliphatic carbocycles. The Balaban J connectivity index is 2.49. The molecule has 1 unspecified atom stereocenters. The lowest BCUT2D eigenvalue weighted by molar-refractivity contribution is -0.145. The lowest BCUT2D eigenvalue weighted by Crippen LogP contribution is -2.56. The van der Waals surface area contributed by atoms with Crippen LogP contribution in [0.5, 0.6) is 0 Å². The maximum atomic E-state index is 11.5. The number of nitrogens with zero attached hydrogens (tertiary/aromatic N) is 1. The molecule has 1 aliphatic rings. The number of carbonyl (C=O) groups is 1. The molecule has 5 nitrogen and oxygen atoms in total. The number of morpholine rings is 1. The second kappa shape index (κ2) is 7.96. The Morgan fingerprint density at radius 1 is 1.45 bits per heavy atom. The van der Waals surface area contributed by atoms with Crippen LogP contribution in [0, 0.1) is 5.92 Å². The SMILES string of the molecule is CCC(CC)(NCC1CN(CC(C)C)CCO1)C(=O)O. The Kier molecular flexibility index (Phi) is 6.92. The first-order chi connectivity index (χ1) is 9.43.